The summed E-state index contributed by atoms with van der Waals surface area (Å²) in [5, 5.41) is 5.02. The highest BCUT2D eigenvalue weighted by molar-refractivity contribution is 6.10. The van der Waals surface area contributed by atoms with Crippen molar-refractivity contribution in [2.45, 2.75) is 6.42 Å². The smallest absolute Gasteiger partial charge is 0.0645 e. The second kappa shape index (κ2) is 8.67. The molecule has 0 saturated carbocycles. The SMILES string of the molecule is c1ccc2c(c1)c1ccccc1n2-c1ccc(Cc2ccc(-n3c4ccccc4c4ccccc43)cn2)nc1. The van der Waals surface area contributed by atoms with E-state index in [1.54, 1.807) is 0 Å². The monoisotopic (exact) mass is 500 g/mol. The highest BCUT2D eigenvalue weighted by Crippen LogP contribution is 2.33. The highest BCUT2D eigenvalue weighted by atomic mass is 15.0. The summed E-state index contributed by atoms with van der Waals surface area (Å²) >= 11 is 0. The summed E-state index contributed by atoms with van der Waals surface area (Å²) in [5.74, 6) is 0. The van der Waals surface area contributed by atoms with Crippen LogP contribution >= 0.6 is 0 Å². The zero-order valence-electron chi connectivity index (χ0n) is 21.2. The lowest BCUT2D eigenvalue weighted by Crippen LogP contribution is -2.00. The Morgan fingerprint density at radius 2 is 0.718 bits per heavy atom. The second-order valence-corrected chi connectivity index (χ2v) is 9.93. The van der Waals surface area contributed by atoms with Crippen LogP contribution in [0.15, 0.2) is 134 Å². The number of hydrogen-bond donors (Lipinski definition) is 0. The van der Waals surface area contributed by atoms with E-state index in [1.165, 1.54) is 43.6 Å². The molecule has 0 aliphatic heterocycles. The zero-order valence-corrected chi connectivity index (χ0v) is 21.2. The molecule has 4 heteroatoms. The molecule has 39 heavy (non-hydrogen) atoms. The molecule has 8 aromatic rings. The van der Waals surface area contributed by atoms with Crippen molar-refractivity contribution in [3.63, 3.8) is 0 Å². The van der Waals surface area contributed by atoms with Crippen LogP contribution in [-0.2, 0) is 6.42 Å². The van der Waals surface area contributed by atoms with Crippen molar-refractivity contribution in [2.24, 2.45) is 0 Å². The summed E-state index contributed by atoms with van der Waals surface area (Å²) in [7, 11) is 0. The summed E-state index contributed by atoms with van der Waals surface area (Å²) < 4.78 is 4.58. The Balaban J connectivity index is 1.12. The number of benzene rings is 4. The minimum absolute atomic E-state index is 0.681. The Morgan fingerprint density at radius 1 is 0.385 bits per heavy atom. The van der Waals surface area contributed by atoms with Crippen molar-refractivity contribution in [3.05, 3.63) is 145 Å². The van der Waals surface area contributed by atoms with Crippen LogP contribution in [0.4, 0.5) is 0 Å². The van der Waals surface area contributed by atoms with Gasteiger partial charge in [0.05, 0.1) is 45.8 Å². The molecule has 0 saturated heterocycles. The molecule has 8 rings (SSSR count). The van der Waals surface area contributed by atoms with Gasteiger partial charge in [0, 0.05) is 39.4 Å². The predicted molar refractivity (Wildman–Crippen MR) is 160 cm³/mol. The van der Waals surface area contributed by atoms with Gasteiger partial charge in [0.15, 0.2) is 0 Å². The number of aromatic nitrogens is 4. The molecule has 4 aromatic carbocycles. The number of nitrogens with zero attached hydrogens (tertiary/aromatic N) is 4. The van der Waals surface area contributed by atoms with Gasteiger partial charge in [-0.15, -0.1) is 0 Å². The van der Waals surface area contributed by atoms with Crippen LogP contribution in [-0.4, -0.2) is 19.1 Å². The fourth-order valence-corrected chi connectivity index (χ4v) is 5.89. The Kier molecular flexibility index (Phi) is 4.85. The van der Waals surface area contributed by atoms with Crippen molar-refractivity contribution < 1.29 is 0 Å². The fraction of sp³-hybridized carbons (Fsp3) is 0.0286. The van der Waals surface area contributed by atoms with Gasteiger partial charge in [-0.1, -0.05) is 72.8 Å². The van der Waals surface area contributed by atoms with Gasteiger partial charge in [-0.25, -0.2) is 0 Å². The minimum atomic E-state index is 0.681. The zero-order chi connectivity index (χ0) is 25.8. The van der Waals surface area contributed by atoms with Gasteiger partial charge in [-0.2, -0.15) is 0 Å². The molecule has 0 spiro atoms. The first-order valence-electron chi connectivity index (χ1n) is 13.2. The van der Waals surface area contributed by atoms with E-state index in [1.807, 2.05) is 12.4 Å². The molecule has 0 aliphatic rings. The van der Waals surface area contributed by atoms with Gasteiger partial charge in [0.1, 0.15) is 0 Å². The number of para-hydroxylation sites is 4. The Bertz CT molecular complexity index is 1870. The van der Waals surface area contributed by atoms with Crippen molar-refractivity contribution in [1.29, 1.82) is 0 Å². The fourth-order valence-electron chi connectivity index (χ4n) is 5.89. The molecule has 4 heterocycles. The largest absolute Gasteiger partial charge is 0.308 e. The molecule has 0 bridgehead atoms. The second-order valence-electron chi connectivity index (χ2n) is 9.93. The Labute approximate surface area is 225 Å². The number of rotatable bonds is 4. The summed E-state index contributed by atoms with van der Waals surface area (Å²) in [6.45, 7) is 0. The molecular formula is C35H24N4. The quantitative estimate of drug-likeness (QED) is 0.244. The van der Waals surface area contributed by atoms with E-state index in [2.05, 4.69) is 130 Å². The summed E-state index contributed by atoms with van der Waals surface area (Å²) in [4.78, 5) is 9.66. The normalized spacial score (nSPS) is 11.7. The first kappa shape index (κ1) is 21.8. The standard InChI is InChI=1S/C35H24N4/c1-5-13-32-28(9-1)29-10-2-6-14-33(29)38(32)26-19-17-24(36-22-26)21-25-18-20-27(23-37-25)39-34-15-7-3-11-30(34)31-12-4-8-16-35(31)39/h1-20,22-23H,21H2. The van der Waals surface area contributed by atoms with Gasteiger partial charge in [-0.05, 0) is 48.5 Å². The van der Waals surface area contributed by atoms with E-state index in [0.717, 1.165) is 22.8 Å². The Hall–Kier alpha value is -5.22. The lowest BCUT2D eigenvalue weighted by atomic mass is 10.2. The maximum absolute atomic E-state index is 4.83. The molecule has 0 atom stereocenters. The van der Waals surface area contributed by atoms with Crippen molar-refractivity contribution in [2.75, 3.05) is 0 Å². The Morgan fingerprint density at radius 3 is 1.03 bits per heavy atom. The molecule has 0 aliphatic carbocycles. The average molecular weight is 501 g/mol. The molecular weight excluding hydrogens is 476 g/mol. The minimum Gasteiger partial charge on any atom is -0.308 e. The molecule has 0 radical (unpaired) electrons. The molecule has 0 amide bonds. The summed E-state index contributed by atoms with van der Waals surface area (Å²) in [6, 6.07) is 42.7. The van der Waals surface area contributed by atoms with Gasteiger partial charge in [-0.3, -0.25) is 9.97 Å². The van der Waals surface area contributed by atoms with Gasteiger partial charge < -0.3 is 9.13 Å². The summed E-state index contributed by atoms with van der Waals surface area (Å²) in [5.41, 5.74) is 8.88. The molecule has 4 nitrogen and oxygen atoms in total. The highest BCUT2D eigenvalue weighted by Gasteiger charge is 2.13. The average Bonchev–Trinajstić information content (AvgIpc) is 3.51. The van der Waals surface area contributed by atoms with E-state index < -0.39 is 0 Å². The van der Waals surface area contributed by atoms with E-state index in [4.69, 9.17) is 9.97 Å². The van der Waals surface area contributed by atoms with Crippen LogP contribution in [0.2, 0.25) is 0 Å². The molecule has 0 N–H and O–H groups in total. The lowest BCUT2D eigenvalue weighted by Gasteiger charge is -2.10. The van der Waals surface area contributed by atoms with Crippen LogP contribution in [0.5, 0.6) is 0 Å². The van der Waals surface area contributed by atoms with Gasteiger partial charge in [0.2, 0.25) is 0 Å². The third kappa shape index (κ3) is 3.46. The number of hydrogen-bond acceptors (Lipinski definition) is 2. The lowest BCUT2D eigenvalue weighted by molar-refractivity contribution is 0.991. The van der Waals surface area contributed by atoms with Crippen LogP contribution in [0.1, 0.15) is 11.4 Å². The number of pyridine rings is 2. The third-order valence-corrected chi connectivity index (χ3v) is 7.66. The maximum atomic E-state index is 4.83. The van der Waals surface area contributed by atoms with Crippen molar-refractivity contribution >= 4 is 43.6 Å². The van der Waals surface area contributed by atoms with E-state index >= 15 is 0 Å². The predicted octanol–water partition coefficient (Wildman–Crippen LogP) is 8.26. The van der Waals surface area contributed by atoms with E-state index in [-0.39, 0.29) is 0 Å². The first-order valence-corrected chi connectivity index (χ1v) is 13.2. The van der Waals surface area contributed by atoms with Gasteiger partial charge >= 0.3 is 0 Å². The number of fused-ring (bicyclic) bond motifs is 6. The third-order valence-electron chi connectivity index (χ3n) is 7.66. The summed E-state index contributed by atoms with van der Waals surface area (Å²) in [6.07, 6.45) is 4.63. The molecule has 4 aromatic heterocycles. The van der Waals surface area contributed by atoms with Gasteiger partial charge in [0.25, 0.3) is 0 Å². The maximum Gasteiger partial charge on any atom is 0.0645 e. The van der Waals surface area contributed by atoms with Crippen molar-refractivity contribution in [3.8, 4) is 11.4 Å². The molecule has 0 unspecified atom stereocenters. The topological polar surface area (TPSA) is 35.6 Å². The van der Waals surface area contributed by atoms with Crippen molar-refractivity contribution in [1.82, 2.24) is 19.1 Å². The van der Waals surface area contributed by atoms with Crippen LogP contribution in [0.3, 0.4) is 0 Å². The van der Waals surface area contributed by atoms with E-state index in [9.17, 15) is 0 Å². The van der Waals surface area contributed by atoms with Crippen LogP contribution < -0.4 is 0 Å². The molecule has 184 valence electrons. The van der Waals surface area contributed by atoms with Crippen LogP contribution in [0, 0.1) is 0 Å². The van der Waals surface area contributed by atoms with E-state index in [0.29, 0.717) is 6.42 Å². The molecule has 0 fully saturated rings. The van der Waals surface area contributed by atoms with Crippen LogP contribution in [0.25, 0.3) is 55.0 Å². The first-order chi connectivity index (χ1) is 19.3.